The number of rotatable bonds is 3. The second-order valence-corrected chi connectivity index (χ2v) is 5.41. The van der Waals surface area contributed by atoms with Gasteiger partial charge in [-0.1, -0.05) is 6.58 Å². The summed E-state index contributed by atoms with van der Waals surface area (Å²) in [5, 5.41) is 0. The van der Waals surface area contributed by atoms with Crippen LogP contribution in [0.4, 0.5) is 0 Å². The van der Waals surface area contributed by atoms with Gasteiger partial charge in [-0.25, -0.2) is 4.79 Å². The molecule has 1 heterocycles. The maximum Gasteiger partial charge on any atom is 0.330 e. The van der Waals surface area contributed by atoms with Crippen LogP contribution in [0.15, 0.2) is 12.7 Å². The number of hydrogen-bond acceptors (Lipinski definition) is 3. The lowest BCUT2D eigenvalue weighted by Crippen LogP contribution is -2.52. The Hall–Kier alpha value is -0.830. The van der Waals surface area contributed by atoms with Gasteiger partial charge in [-0.3, -0.25) is 4.90 Å². The third-order valence-corrected chi connectivity index (χ3v) is 3.71. The average molecular weight is 225 g/mol. The summed E-state index contributed by atoms with van der Waals surface area (Å²) >= 11 is 0. The third kappa shape index (κ3) is 3.08. The first kappa shape index (κ1) is 13.2. The van der Waals surface area contributed by atoms with Gasteiger partial charge in [0.1, 0.15) is 0 Å². The summed E-state index contributed by atoms with van der Waals surface area (Å²) in [6, 6.07) is 0.538. The molecule has 1 aliphatic rings. The molecule has 0 aromatic rings. The molecule has 0 amide bonds. The van der Waals surface area contributed by atoms with Crippen LogP contribution in [0.25, 0.3) is 0 Å². The van der Waals surface area contributed by atoms with Crippen molar-refractivity contribution in [1.29, 1.82) is 0 Å². The lowest BCUT2D eigenvalue weighted by Gasteiger charge is -2.47. The zero-order chi connectivity index (χ0) is 12.3. The summed E-state index contributed by atoms with van der Waals surface area (Å²) in [6.45, 7) is 10.6. The average Bonchev–Trinajstić information content (AvgIpc) is 2.22. The van der Waals surface area contributed by atoms with E-state index in [0.29, 0.717) is 18.6 Å². The van der Waals surface area contributed by atoms with Crippen molar-refractivity contribution in [2.45, 2.75) is 45.2 Å². The number of piperidine rings is 1. The third-order valence-electron chi connectivity index (χ3n) is 3.71. The Bertz CT molecular complexity index is 273. The van der Waals surface area contributed by atoms with E-state index in [0.717, 1.165) is 12.8 Å². The second-order valence-electron chi connectivity index (χ2n) is 5.41. The molecular weight excluding hydrogens is 202 g/mol. The van der Waals surface area contributed by atoms with Crippen LogP contribution in [0.5, 0.6) is 0 Å². The Morgan fingerprint density at radius 1 is 1.62 bits per heavy atom. The molecule has 0 aromatic heterocycles. The highest BCUT2D eigenvalue weighted by Gasteiger charge is 2.36. The second kappa shape index (κ2) is 5.00. The van der Waals surface area contributed by atoms with Crippen LogP contribution >= 0.6 is 0 Å². The van der Waals surface area contributed by atoms with Crippen LogP contribution in [0, 0.1) is 5.92 Å². The molecule has 2 atom stereocenters. The summed E-state index contributed by atoms with van der Waals surface area (Å²) in [6.07, 6.45) is 3.38. The van der Waals surface area contributed by atoms with Gasteiger partial charge in [0.25, 0.3) is 0 Å². The number of nitrogens with zero attached hydrogens (tertiary/aromatic N) is 1. The minimum absolute atomic E-state index is 0.183. The van der Waals surface area contributed by atoms with Crippen molar-refractivity contribution in [3.63, 3.8) is 0 Å². The predicted molar refractivity (Wildman–Crippen MR) is 65.2 cm³/mol. The molecule has 0 aromatic carbocycles. The molecule has 0 bridgehead atoms. The van der Waals surface area contributed by atoms with E-state index < -0.39 is 0 Å². The Morgan fingerprint density at radius 3 is 2.75 bits per heavy atom. The number of hydrogen-bond donors (Lipinski definition) is 0. The van der Waals surface area contributed by atoms with Gasteiger partial charge in [-0.15, -0.1) is 0 Å². The SMILES string of the molecule is C=CC(=O)OCC1CC(C)N(C)C(C)(C)C1. The fourth-order valence-electron chi connectivity index (χ4n) is 2.56. The molecule has 0 aliphatic carbocycles. The molecule has 2 unspecified atom stereocenters. The molecule has 1 saturated heterocycles. The monoisotopic (exact) mass is 225 g/mol. The van der Waals surface area contributed by atoms with Crippen LogP contribution in [0.1, 0.15) is 33.6 Å². The first-order valence-corrected chi connectivity index (χ1v) is 5.89. The lowest BCUT2D eigenvalue weighted by molar-refractivity contribution is -0.140. The zero-order valence-electron chi connectivity index (χ0n) is 10.8. The Balaban J connectivity index is 2.51. The molecule has 1 rings (SSSR count). The van der Waals surface area contributed by atoms with Crippen molar-refractivity contribution in [1.82, 2.24) is 4.90 Å². The first-order chi connectivity index (χ1) is 7.36. The van der Waals surface area contributed by atoms with Gasteiger partial charge in [-0.2, -0.15) is 0 Å². The molecule has 0 radical (unpaired) electrons. The van der Waals surface area contributed by atoms with Gasteiger partial charge in [0.05, 0.1) is 6.61 Å². The molecule has 0 saturated carbocycles. The predicted octanol–water partition coefficient (Wildman–Crippen LogP) is 2.22. The van der Waals surface area contributed by atoms with E-state index in [4.69, 9.17) is 4.74 Å². The fraction of sp³-hybridized carbons (Fsp3) is 0.769. The molecule has 3 heteroatoms. The van der Waals surface area contributed by atoms with Gasteiger partial charge in [0.15, 0.2) is 0 Å². The number of ether oxygens (including phenoxy) is 1. The largest absolute Gasteiger partial charge is 0.462 e. The van der Waals surface area contributed by atoms with E-state index in [9.17, 15) is 4.79 Å². The van der Waals surface area contributed by atoms with E-state index in [1.807, 2.05) is 0 Å². The van der Waals surface area contributed by atoms with Crippen molar-refractivity contribution in [3.05, 3.63) is 12.7 Å². The molecule has 16 heavy (non-hydrogen) atoms. The topological polar surface area (TPSA) is 29.5 Å². The normalized spacial score (nSPS) is 29.8. The summed E-state index contributed by atoms with van der Waals surface area (Å²) < 4.78 is 5.13. The van der Waals surface area contributed by atoms with Crippen LogP contribution in [-0.4, -0.2) is 36.1 Å². The standard InChI is InChI=1S/C13H23NO2/c1-6-12(15)16-9-11-7-10(2)14(5)13(3,4)8-11/h6,10-11H,1,7-9H2,2-5H3. The summed E-state index contributed by atoms with van der Waals surface area (Å²) in [4.78, 5) is 13.4. The van der Waals surface area contributed by atoms with Gasteiger partial charge in [0, 0.05) is 17.7 Å². The number of esters is 1. The van der Waals surface area contributed by atoms with Crippen molar-refractivity contribution in [2.75, 3.05) is 13.7 Å². The van der Waals surface area contributed by atoms with E-state index in [2.05, 4.69) is 39.3 Å². The molecule has 0 spiro atoms. The van der Waals surface area contributed by atoms with E-state index >= 15 is 0 Å². The molecular formula is C13H23NO2. The van der Waals surface area contributed by atoms with Crippen LogP contribution in [0.2, 0.25) is 0 Å². The number of carbonyl (C=O) groups excluding carboxylic acids is 1. The van der Waals surface area contributed by atoms with E-state index in [1.165, 1.54) is 6.08 Å². The van der Waals surface area contributed by atoms with Crippen LogP contribution in [0.3, 0.4) is 0 Å². The minimum atomic E-state index is -0.315. The maximum absolute atomic E-state index is 11.0. The van der Waals surface area contributed by atoms with Crippen molar-refractivity contribution >= 4 is 5.97 Å². The summed E-state index contributed by atoms with van der Waals surface area (Å²) in [7, 11) is 2.16. The van der Waals surface area contributed by atoms with E-state index in [1.54, 1.807) is 0 Å². The van der Waals surface area contributed by atoms with Crippen LogP contribution in [-0.2, 0) is 9.53 Å². The highest BCUT2D eigenvalue weighted by molar-refractivity contribution is 5.81. The molecule has 92 valence electrons. The number of carbonyl (C=O) groups is 1. The Labute approximate surface area is 98.5 Å². The van der Waals surface area contributed by atoms with Gasteiger partial charge in [0.2, 0.25) is 0 Å². The van der Waals surface area contributed by atoms with Gasteiger partial charge in [-0.05, 0) is 46.6 Å². The van der Waals surface area contributed by atoms with Gasteiger partial charge < -0.3 is 4.74 Å². The van der Waals surface area contributed by atoms with E-state index in [-0.39, 0.29) is 11.5 Å². The van der Waals surface area contributed by atoms with Gasteiger partial charge >= 0.3 is 5.97 Å². The lowest BCUT2D eigenvalue weighted by atomic mass is 9.80. The smallest absolute Gasteiger partial charge is 0.330 e. The maximum atomic E-state index is 11.0. The summed E-state index contributed by atoms with van der Waals surface area (Å²) in [5.41, 5.74) is 0.183. The molecule has 3 nitrogen and oxygen atoms in total. The van der Waals surface area contributed by atoms with Crippen molar-refractivity contribution in [3.8, 4) is 0 Å². The zero-order valence-corrected chi connectivity index (χ0v) is 10.8. The fourth-order valence-corrected chi connectivity index (χ4v) is 2.56. The Morgan fingerprint density at radius 2 is 2.25 bits per heavy atom. The molecule has 0 N–H and O–H groups in total. The number of likely N-dealkylation sites (tertiary alicyclic amines) is 1. The quantitative estimate of drug-likeness (QED) is 0.545. The highest BCUT2D eigenvalue weighted by atomic mass is 16.5. The minimum Gasteiger partial charge on any atom is -0.462 e. The first-order valence-electron chi connectivity index (χ1n) is 5.89. The van der Waals surface area contributed by atoms with Crippen molar-refractivity contribution < 1.29 is 9.53 Å². The highest BCUT2D eigenvalue weighted by Crippen LogP contribution is 2.33. The van der Waals surface area contributed by atoms with Crippen molar-refractivity contribution in [2.24, 2.45) is 5.92 Å². The Kier molecular flexibility index (Phi) is 4.14. The molecule has 1 fully saturated rings. The van der Waals surface area contributed by atoms with Crippen LogP contribution < -0.4 is 0 Å². The molecule has 1 aliphatic heterocycles. The summed E-state index contributed by atoms with van der Waals surface area (Å²) in [5.74, 6) is 0.148.